The van der Waals surface area contributed by atoms with Crippen LogP contribution in [0.1, 0.15) is 5.56 Å². The van der Waals surface area contributed by atoms with Gasteiger partial charge in [0.1, 0.15) is 0 Å². The number of halogens is 2. The summed E-state index contributed by atoms with van der Waals surface area (Å²) in [5.41, 5.74) is 1.27. The van der Waals surface area contributed by atoms with Crippen LogP contribution in [-0.2, 0) is 6.42 Å². The van der Waals surface area contributed by atoms with Crippen LogP contribution in [0.25, 0.3) is 0 Å². The minimum absolute atomic E-state index is 0.888. The van der Waals surface area contributed by atoms with Crippen LogP contribution in [-0.4, -0.2) is 0 Å². The van der Waals surface area contributed by atoms with Gasteiger partial charge in [0.2, 0.25) is 0 Å². The molecule has 1 rings (SSSR count). The Kier molecular flexibility index (Phi) is 3.34. The fourth-order valence-electron chi connectivity index (χ4n) is 0.868. The largest absolute Gasteiger partial charge is 0.0885 e. The van der Waals surface area contributed by atoms with E-state index in [-0.39, 0.29) is 0 Å². The first-order chi connectivity index (χ1) is 5.18. The Bertz CT molecular complexity index is 266. The quantitative estimate of drug-likeness (QED) is 0.768. The van der Waals surface area contributed by atoms with E-state index in [4.69, 9.17) is 0 Å². The summed E-state index contributed by atoms with van der Waals surface area (Å²) >= 11 is 6.73. The summed E-state index contributed by atoms with van der Waals surface area (Å²) in [5, 5.41) is 0. The highest BCUT2D eigenvalue weighted by molar-refractivity contribution is 9.11. The summed E-state index contributed by atoms with van der Waals surface area (Å²) in [7, 11) is 0. The van der Waals surface area contributed by atoms with Crippen molar-refractivity contribution in [1.29, 1.82) is 0 Å². The second kappa shape index (κ2) is 4.07. The van der Waals surface area contributed by atoms with Crippen molar-refractivity contribution in [3.8, 4) is 0 Å². The number of hydrogen-bond donors (Lipinski definition) is 0. The van der Waals surface area contributed by atoms with Gasteiger partial charge in [-0.2, -0.15) is 0 Å². The molecule has 0 saturated heterocycles. The first-order valence-corrected chi connectivity index (χ1v) is 4.85. The molecule has 0 aromatic heterocycles. The van der Waals surface area contributed by atoms with E-state index in [0.29, 0.717) is 0 Å². The predicted molar refractivity (Wildman–Crippen MR) is 55.9 cm³/mol. The lowest BCUT2D eigenvalue weighted by molar-refractivity contribution is 1.26. The summed E-state index contributed by atoms with van der Waals surface area (Å²) in [5.74, 6) is 0. The molecule has 0 amide bonds. The zero-order chi connectivity index (χ0) is 8.27. The summed E-state index contributed by atoms with van der Waals surface area (Å²) < 4.78 is 2.12. The Morgan fingerprint density at radius 2 is 2.18 bits per heavy atom. The lowest BCUT2D eigenvalue weighted by Crippen LogP contribution is -1.81. The third kappa shape index (κ3) is 3.21. The summed E-state index contributed by atoms with van der Waals surface area (Å²) in [6.07, 6.45) is 0.888. The van der Waals surface area contributed by atoms with E-state index in [2.05, 4.69) is 50.6 Å². The molecule has 0 spiro atoms. The zero-order valence-corrected chi connectivity index (χ0v) is 9.15. The standard InChI is InChI=1S/C9H8Br2/c1-7(10)5-8-3-2-4-9(11)6-8/h2-4,6H,1,5H2. The van der Waals surface area contributed by atoms with E-state index in [1.807, 2.05) is 12.1 Å². The van der Waals surface area contributed by atoms with E-state index in [0.717, 1.165) is 15.4 Å². The third-order valence-electron chi connectivity index (χ3n) is 1.28. The van der Waals surface area contributed by atoms with Crippen molar-refractivity contribution in [3.05, 3.63) is 45.4 Å². The molecule has 0 radical (unpaired) electrons. The maximum absolute atomic E-state index is 3.78. The van der Waals surface area contributed by atoms with Crippen molar-refractivity contribution in [2.75, 3.05) is 0 Å². The second-order valence-electron chi connectivity index (χ2n) is 2.32. The Morgan fingerprint density at radius 1 is 1.45 bits per heavy atom. The second-order valence-corrected chi connectivity index (χ2v) is 4.36. The summed E-state index contributed by atoms with van der Waals surface area (Å²) in [4.78, 5) is 0. The van der Waals surface area contributed by atoms with Crippen LogP contribution in [0.2, 0.25) is 0 Å². The van der Waals surface area contributed by atoms with Crippen LogP contribution >= 0.6 is 31.9 Å². The maximum Gasteiger partial charge on any atom is 0.0178 e. The highest BCUT2D eigenvalue weighted by Gasteiger charge is 1.93. The van der Waals surface area contributed by atoms with E-state index < -0.39 is 0 Å². The molecule has 0 nitrogen and oxygen atoms in total. The van der Waals surface area contributed by atoms with Crippen molar-refractivity contribution in [3.63, 3.8) is 0 Å². The van der Waals surface area contributed by atoms with Gasteiger partial charge in [0, 0.05) is 10.9 Å². The number of rotatable bonds is 2. The molecule has 1 aromatic carbocycles. The van der Waals surface area contributed by atoms with E-state index in [1.54, 1.807) is 0 Å². The fraction of sp³-hybridized carbons (Fsp3) is 0.111. The first-order valence-electron chi connectivity index (χ1n) is 3.26. The van der Waals surface area contributed by atoms with Crippen LogP contribution in [0.15, 0.2) is 39.8 Å². The minimum Gasteiger partial charge on any atom is -0.0885 e. The number of hydrogen-bond acceptors (Lipinski definition) is 0. The highest BCUT2D eigenvalue weighted by Crippen LogP contribution is 2.16. The molecule has 0 bridgehead atoms. The van der Waals surface area contributed by atoms with Gasteiger partial charge in [0.25, 0.3) is 0 Å². The molecular formula is C9H8Br2. The minimum atomic E-state index is 0.888. The van der Waals surface area contributed by atoms with Gasteiger partial charge in [0.05, 0.1) is 0 Å². The van der Waals surface area contributed by atoms with E-state index >= 15 is 0 Å². The van der Waals surface area contributed by atoms with Gasteiger partial charge < -0.3 is 0 Å². The van der Waals surface area contributed by atoms with Gasteiger partial charge in [-0.05, 0) is 22.2 Å². The fourth-order valence-corrected chi connectivity index (χ4v) is 1.64. The van der Waals surface area contributed by atoms with Crippen LogP contribution in [0, 0.1) is 0 Å². The maximum atomic E-state index is 3.78. The molecule has 2 heteroatoms. The molecule has 0 N–H and O–H groups in total. The average Bonchev–Trinajstić information content (AvgIpc) is 1.85. The van der Waals surface area contributed by atoms with Crippen molar-refractivity contribution in [2.24, 2.45) is 0 Å². The molecule has 0 unspecified atom stereocenters. The topological polar surface area (TPSA) is 0 Å². The molecule has 11 heavy (non-hydrogen) atoms. The Hall–Kier alpha value is -0.0800. The Labute approximate surface area is 83.6 Å². The Balaban J connectivity index is 2.79. The molecule has 1 aromatic rings. The molecule has 0 aliphatic carbocycles. The lowest BCUT2D eigenvalue weighted by Gasteiger charge is -1.98. The number of benzene rings is 1. The highest BCUT2D eigenvalue weighted by atomic mass is 79.9. The molecule has 0 aliphatic rings. The predicted octanol–water partition coefficient (Wildman–Crippen LogP) is 3.90. The smallest absolute Gasteiger partial charge is 0.0178 e. The van der Waals surface area contributed by atoms with Crippen LogP contribution in [0.4, 0.5) is 0 Å². The van der Waals surface area contributed by atoms with Crippen molar-refractivity contribution >= 4 is 31.9 Å². The van der Waals surface area contributed by atoms with E-state index in [9.17, 15) is 0 Å². The third-order valence-corrected chi connectivity index (χ3v) is 2.06. The first kappa shape index (κ1) is 9.01. The van der Waals surface area contributed by atoms with Gasteiger partial charge in [-0.1, -0.05) is 50.6 Å². The molecule has 0 atom stereocenters. The van der Waals surface area contributed by atoms with Gasteiger partial charge >= 0.3 is 0 Å². The zero-order valence-electron chi connectivity index (χ0n) is 5.98. The van der Waals surface area contributed by atoms with Gasteiger partial charge in [-0.15, -0.1) is 0 Å². The van der Waals surface area contributed by atoms with Crippen LogP contribution < -0.4 is 0 Å². The number of allylic oxidation sites excluding steroid dienone is 1. The molecule has 0 fully saturated rings. The lowest BCUT2D eigenvalue weighted by atomic mass is 10.2. The molecular weight excluding hydrogens is 268 g/mol. The van der Waals surface area contributed by atoms with Crippen LogP contribution in [0.5, 0.6) is 0 Å². The summed E-state index contributed by atoms with van der Waals surface area (Å²) in [6, 6.07) is 8.21. The normalized spacial score (nSPS) is 9.64. The monoisotopic (exact) mass is 274 g/mol. The molecule has 0 aliphatic heterocycles. The van der Waals surface area contributed by atoms with Crippen molar-refractivity contribution in [1.82, 2.24) is 0 Å². The van der Waals surface area contributed by atoms with Crippen molar-refractivity contribution < 1.29 is 0 Å². The SMILES string of the molecule is C=C(Br)Cc1cccc(Br)c1. The van der Waals surface area contributed by atoms with Gasteiger partial charge in [-0.25, -0.2) is 0 Å². The van der Waals surface area contributed by atoms with Gasteiger partial charge in [0.15, 0.2) is 0 Å². The molecule has 0 heterocycles. The average molecular weight is 276 g/mol. The molecule has 58 valence electrons. The molecule has 0 saturated carbocycles. The van der Waals surface area contributed by atoms with Gasteiger partial charge in [-0.3, -0.25) is 0 Å². The summed E-state index contributed by atoms with van der Waals surface area (Å²) in [6.45, 7) is 3.78. The van der Waals surface area contributed by atoms with Crippen LogP contribution in [0.3, 0.4) is 0 Å². The van der Waals surface area contributed by atoms with E-state index in [1.165, 1.54) is 5.56 Å². The Morgan fingerprint density at radius 3 is 2.73 bits per heavy atom. The van der Waals surface area contributed by atoms with Crippen molar-refractivity contribution in [2.45, 2.75) is 6.42 Å².